The third-order valence-electron chi connectivity index (χ3n) is 5.17. The molecule has 4 rings (SSSR count). The molecule has 2 nitrogen and oxygen atoms in total. The number of anilines is 1. The van der Waals surface area contributed by atoms with Crippen molar-refractivity contribution in [1.29, 1.82) is 0 Å². The number of likely N-dealkylation sites (tertiary alicyclic amines) is 1. The second kappa shape index (κ2) is 6.13. The Morgan fingerprint density at radius 1 is 0.773 bits per heavy atom. The summed E-state index contributed by atoms with van der Waals surface area (Å²) in [5, 5.41) is 0. The molecule has 22 heavy (non-hydrogen) atoms. The Morgan fingerprint density at radius 2 is 1.36 bits per heavy atom. The van der Waals surface area contributed by atoms with E-state index in [0.717, 1.165) is 0 Å². The lowest BCUT2D eigenvalue weighted by Crippen LogP contribution is -2.54. The molecule has 2 aromatic rings. The Balaban J connectivity index is 1.40. The molecule has 2 atom stereocenters. The van der Waals surface area contributed by atoms with Crippen LogP contribution in [0.1, 0.15) is 18.4 Å². The monoisotopic (exact) mass is 292 g/mol. The largest absolute Gasteiger partial charge is 0.363 e. The molecule has 2 heterocycles. The van der Waals surface area contributed by atoms with Gasteiger partial charge in [-0.2, -0.15) is 0 Å². The molecule has 2 aliphatic rings. The van der Waals surface area contributed by atoms with Crippen LogP contribution in [-0.4, -0.2) is 36.6 Å². The minimum absolute atomic E-state index is 0.705. The van der Waals surface area contributed by atoms with Gasteiger partial charge < -0.3 is 4.90 Å². The van der Waals surface area contributed by atoms with Gasteiger partial charge in [-0.25, -0.2) is 0 Å². The lowest BCUT2D eigenvalue weighted by molar-refractivity contribution is 0.222. The number of para-hydroxylation sites is 1. The average Bonchev–Trinajstić information content (AvgIpc) is 2.85. The van der Waals surface area contributed by atoms with E-state index in [4.69, 9.17) is 0 Å². The molecule has 114 valence electrons. The standard InChI is InChI=1S/C20H24N2/c1-3-7-17(8-4-1)13-14-21-15-19-11-12-20(16-21)22(19)18-9-5-2-6-10-18/h1-10,19-20H,11-16H2. The summed E-state index contributed by atoms with van der Waals surface area (Å²) >= 11 is 0. The summed E-state index contributed by atoms with van der Waals surface area (Å²) < 4.78 is 0. The van der Waals surface area contributed by atoms with E-state index in [2.05, 4.69) is 70.5 Å². The molecule has 2 aromatic carbocycles. The highest BCUT2D eigenvalue weighted by molar-refractivity contribution is 5.50. The number of rotatable bonds is 4. The summed E-state index contributed by atoms with van der Waals surface area (Å²) in [4.78, 5) is 5.35. The Bertz CT molecular complexity index is 582. The predicted octanol–water partition coefficient (Wildman–Crippen LogP) is 3.58. The molecule has 2 saturated heterocycles. The van der Waals surface area contributed by atoms with Gasteiger partial charge in [-0.05, 0) is 37.0 Å². The minimum Gasteiger partial charge on any atom is -0.363 e. The van der Waals surface area contributed by atoms with Crippen molar-refractivity contribution in [1.82, 2.24) is 4.90 Å². The van der Waals surface area contributed by atoms with Crippen LogP contribution in [-0.2, 0) is 6.42 Å². The van der Waals surface area contributed by atoms with E-state index in [0.29, 0.717) is 12.1 Å². The zero-order valence-corrected chi connectivity index (χ0v) is 13.1. The lowest BCUT2D eigenvalue weighted by atomic mass is 10.1. The topological polar surface area (TPSA) is 6.48 Å². The Labute approximate surface area is 133 Å². The molecule has 0 radical (unpaired) electrons. The quantitative estimate of drug-likeness (QED) is 0.850. The number of hydrogen-bond donors (Lipinski definition) is 0. The molecule has 2 aliphatic heterocycles. The minimum atomic E-state index is 0.705. The van der Waals surface area contributed by atoms with E-state index in [1.165, 1.54) is 50.1 Å². The summed E-state index contributed by atoms with van der Waals surface area (Å²) in [5.74, 6) is 0. The van der Waals surface area contributed by atoms with Crippen molar-refractivity contribution in [2.45, 2.75) is 31.3 Å². The number of fused-ring (bicyclic) bond motifs is 2. The fourth-order valence-electron chi connectivity index (χ4n) is 4.13. The van der Waals surface area contributed by atoms with Crippen LogP contribution in [0.4, 0.5) is 5.69 Å². The van der Waals surface area contributed by atoms with Crippen LogP contribution in [0, 0.1) is 0 Å². The maximum Gasteiger partial charge on any atom is 0.0421 e. The summed E-state index contributed by atoms with van der Waals surface area (Å²) in [6.45, 7) is 3.64. The van der Waals surface area contributed by atoms with Crippen molar-refractivity contribution in [2.24, 2.45) is 0 Å². The molecule has 2 bridgehead atoms. The number of nitrogens with zero attached hydrogens (tertiary/aromatic N) is 2. The van der Waals surface area contributed by atoms with Crippen LogP contribution < -0.4 is 4.90 Å². The fourth-order valence-corrected chi connectivity index (χ4v) is 4.13. The van der Waals surface area contributed by atoms with Gasteiger partial charge >= 0.3 is 0 Å². The summed E-state index contributed by atoms with van der Waals surface area (Å²) in [6.07, 6.45) is 3.87. The van der Waals surface area contributed by atoms with Crippen molar-refractivity contribution in [3.8, 4) is 0 Å². The van der Waals surface area contributed by atoms with Crippen LogP contribution in [0.3, 0.4) is 0 Å². The molecule has 2 unspecified atom stereocenters. The molecule has 2 heteroatoms. The van der Waals surface area contributed by atoms with Crippen molar-refractivity contribution in [3.63, 3.8) is 0 Å². The van der Waals surface area contributed by atoms with Crippen molar-refractivity contribution in [3.05, 3.63) is 66.2 Å². The number of hydrogen-bond acceptors (Lipinski definition) is 2. The molecular formula is C20H24N2. The Hall–Kier alpha value is -1.80. The van der Waals surface area contributed by atoms with Crippen LogP contribution in [0.5, 0.6) is 0 Å². The van der Waals surface area contributed by atoms with E-state index >= 15 is 0 Å². The van der Waals surface area contributed by atoms with Gasteiger partial charge in [-0.15, -0.1) is 0 Å². The van der Waals surface area contributed by atoms with Gasteiger partial charge in [0.05, 0.1) is 0 Å². The summed E-state index contributed by atoms with van der Waals surface area (Å²) in [6, 6.07) is 23.3. The molecule has 0 aromatic heterocycles. The molecule has 0 amide bonds. The van der Waals surface area contributed by atoms with Crippen LogP contribution in [0.2, 0.25) is 0 Å². The molecule has 2 fully saturated rings. The Morgan fingerprint density at radius 3 is 2.00 bits per heavy atom. The lowest BCUT2D eigenvalue weighted by Gasteiger charge is -2.42. The first kappa shape index (κ1) is 13.8. The summed E-state index contributed by atoms with van der Waals surface area (Å²) in [7, 11) is 0. The third kappa shape index (κ3) is 2.76. The molecular weight excluding hydrogens is 268 g/mol. The first-order chi connectivity index (χ1) is 10.9. The van der Waals surface area contributed by atoms with Gasteiger partial charge in [-0.1, -0.05) is 48.5 Å². The highest BCUT2D eigenvalue weighted by Gasteiger charge is 2.39. The molecule has 0 spiro atoms. The number of benzene rings is 2. The van der Waals surface area contributed by atoms with Gasteiger partial charge in [0.1, 0.15) is 0 Å². The zero-order chi connectivity index (χ0) is 14.8. The van der Waals surface area contributed by atoms with Crippen LogP contribution >= 0.6 is 0 Å². The SMILES string of the molecule is c1ccc(CCN2CC3CCC(C2)N3c2ccccc2)cc1. The van der Waals surface area contributed by atoms with Crippen LogP contribution in [0.25, 0.3) is 0 Å². The van der Waals surface area contributed by atoms with E-state index in [-0.39, 0.29) is 0 Å². The Kier molecular flexibility index (Phi) is 3.86. The van der Waals surface area contributed by atoms with Crippen molar-refractivity contribution < 1.29 is 0 Å². The van der Waals surface area contributed by atoms with Gasteiger partial charge in [0.2, 0.25) is 0 Å². The maximum absolute atomic E-state index is 2.68. The highest BCUT2D eigenvalue weighted by atomic mass is 15.3. The second-order valence-electron chi connectivity index (χ2n) is 6.62. The van der Waals surface area contributed by atoms with Gasteiger partial charge in [0, 0.05) is 37.4 Å². The van der Waals surface area contributed by atoms with Crippen LogP contribution in [0.15, 0.2) is 60.7 Å². The van der Waals surface area contributed by atoms with E-state index in [1.807, 2.05) is 0 Å². The van der Waals surface area contributed by atoms with Gasteiger partial charge in [0.25, 0.3) is 0 Å². The normalized spacial score (nSPS) is 24.6. The van der Waals surface area contributed by atoms with E-state index in [9.17, 15) is 0 Å². The smallest absolute Gasteiger partial charge is 0.0421 e. The van der Waals surface area contributed by atoms with Crippen molar-refractivity contribution in [2.75, 3.05) is 24.5 Å². The molecule has 0 aliphatic carbocycles. The zero-order valence-electron chi connectivity index (χ0n) is 13.1. The first-order valence-corrected chi connectivity index (χ1v) is 8.50. The predicted molar refractivity (Wildman–Crippen MR) is 92.3 cm³/mol. The van der Waals surface area contributed by atoms with E-state index < -0.39 is 0 Å². The highest BCUT2D eigenvalue weighted by Crippen LogP contribution is 2.34. The van der Waals surface area contributed by atoms with Gasteiger partial charge in [0.15, 0.2) is 0 Å². The van der Waals surface area contributed by atoms with Gasteiger partial charge in [-0.3, -0.25) is 4.90 Å². The summed E-state index contributed by atoms with van der Waals surface area (Å²) in [5.41, 5.74) is 2.87. The van der Waals surface area contributed by atoms with Crippen molar-refractivity contribution >= 4 is 5.69 Å². The number of piperazine rings is 1. The first-order valence-electron chi connectivity index (χ1n) is 8.50. The third-order valence-corrected chi connectivity index (χ3v) is 5.17. The second-order valence-corrected chi connectivity index (χ2v) is 6.62. The fraction of sp³-hybridized carbons (Fsp3) is 0.400. The van der Waals surface area contributed by atoms with E-state index in [1.54, 1.807) is 0 Å². The molecule has 0 N–H and O–H groups in total. The molecule has 0 saturated carbocycles. The maximum atomic E-state index is 2.68. The average molecular weight is 292 g/mol.